The topological polar surface area (TPSA) is 61.2 Å². The van der Waals surface area contributed by atoms with Gasteiger partial charge in [0.05, 0.1) is 14.2 Å². The molecule has 0 aliphatic carbocycles. The first kappa shape index (κ1) is 16.7. The van der Waals surface area contributed by atoms with E-state index in [2.05, 4.69) is 49.5 Å². The molecule has 0 bridgehead atoms. The molecule has 4 rings (SSSR count). The van der Waals surface area contributed by atoms with Crippen molar-refractivity contribution in [2.75, 3.05) is 19.5 Å². The lowest BCUT2D eigenvalue weighted by molar-refractivity contribution is 0.354. The minimum atomic E-state index is -0.104. The van der Waals surface area contributed by atoms with Crippen LogP contribution in [-0.4, -0.2) is 29.0 Å². The molecule has 0 saturated carbocycles. The Balaban J connectivity index is 1.80. The summed E-state index contributed by atoms with van der Waals surface area (Å²) in [5.74, 6) is 2.08. The highest BCUT2D eigenvalue weighted by Gasteiger charge is 2.24. The van der Waals surface area contributed by atoms with Crippen LogP contribution in [0.25, 0.3) is 5.70 Å². The number of halogens is 1. The summed E-state index contributed by atoms with van der Waals surface area (Å²) in [6.07, 6.45) is 3.68. The lowest BCUT2D eigenvalue weighted by atomic mass is 10.0. The molecule has 0 saturated heterocycles. The van der Waals surface area contributed by atoms with Gasteiger partial charge in [0, 0.05) is 10.2 Å². The summed E-state index contributed by atoms with van der Waals surface area (Å²) in [6.45, 7) is 0. The number of nitrogens with zero attached hydrogens (tertiary/aromatic N) is 3. The van der Waals surface area contributed by atoms with Crippen molar-refractivity contribution in [3.05, 3.63) is 70.5 Å². The van der Waals surface area contributed by atoms with Gasteiger partial charge in [-0.15, -0.1) is 0 Å². The summed E-state index contributed by atoms with van der Waals surface area (Å²) in [5, 5.41) is 7.72. The fraction of sp³-hybridized carbons (Fsp3) is 0.158. The Labute approximate surface area is 159 Å². The first-order valence-electron chi connectivity index (χ1n) is 8.06. The van der Waals surface area contributed by atoms with Gasteiger partial charge in [-0.05, 0) is 41.5 Å². The van der Waals surface area contributed by atoms with Gasteiger partial charge in [0.1, 0.15) is 12.4 Å². The Kier molecular flexibility index (Phi) is 4.38. The monoisotopic (exact) mass is 412 g/mol. The van der Waals surface area contributed by atoms with Crippen molar-refractivity contribution < 1.29 is 9.47 Å². The van der Waals surface area contributed by atoms with Crippen LogP contribution in [0.1, 0.15) is 17.2 Å². The average molecular weight is 413 g/mol. The molecule has 0 fully saturated rings. The molecule has 2 heterocycles. The number of fused-ring (bicyclic) bond motifs is 1. The molecule has 1 aromatic heterocycles. The molecule has 7 heteroatoms. The molecule has 1 atom stereocenters. The van der Waals surface area contributed by atoms with Crippen LogP contribution >= 0.6 is 15.9 Å². The number of hydrogen-bond acceptors (Lipinski definition) is 5. The van der Waals surface area contributed by atoms with Crippen molar-refractivity contribution >= 4 is 27.6 Å². The van der Waals surface area contributed by atoms with Gasteiger partial charge in [0.2, 0.25) is 5.95 Å². The predicted molar refractivity (Wildman–Crippen MR) is 103 cm³/mol. The summed E-state index contributed by atoms with van der Waals surface area (Å²) in [4.78, 5) is 4.34. The summed E-state index contributed by atoms with van der Waals surface area (Å²) in [7, 11) is 3.26. The second-order valence-electron chi connectivity index (χ2n) is 5.80. The third-order valence-electron chi connectivity index (χ3n) is 4.31. The van der Waals surface area contributed by atoms with Gasteiger partial charge >= 0.3 is 0 Å². The smallest absolute Gasteiger partial charge is 0.226 e. The van der Waals surface area contributed by atoms with Gasteiger partial charge in [0.25, 0.3) is 0 Å². The van der Waals surface area contributed by atoms with Crippen LogP contribution < -0.4 is 14.8 Å². The fourth-order valence-corrected chi connectivity index (χ4v) is 3.27. The highest BCUT2D eigenvalue weighted by atomic mass is 79.9. The van der Waals surface area contributed by atoms with E-state index >= 15 is 0 Å². The predicted octanol–water partition coefficient (Wildman–Crippen LogP) is 4.11. The highest BCUT2D eigenvalue weighted by Crippen LogP contribution is 2.36. The van der Waals surface area contributed by atoms with Gasteiger partial charge in [-0.3, -0.25) is 0 Å². The Morgan fingerprint density at radius 3 is 2.54 bits per heavy atom. The van der Waals surface area contributed by atoms with Crippen LogP contribution in [0, 0.1) is 0 Å². The van der Waals surface area contributed by atoms with Gasteiger partial charge < -0.3 is 14.8 Å². The Bertz CT molecular complexity index is 966. The molecule has 6 nitrogen and oxygen atoms in total. The van der Waals surface area contributed by atoms with E-state index < -0.39 is 0 Å². The molecule has 0 amide bonds. The van der Waals surface area contributed by atoms with Gasteiger partial charge in [0.15, 0.2) is 11.5 Å². The minimum Gasteiger partial charge on any atom is -0.493 e. The highest BCUT2D eigenvalue weighted by molar-refractivity contribution is 9.10. The number of ether oxygens (including phenoxy) is 2. The second-order valence-corrected chi connectivity index (χ2v) is 6.72. The van der Waals surface area contributed by atoms with E-state index in [1.807, 2.05) is 35.0 Å². The van der Waals surface area contributed by atoms with Crippen molar-refractivity contribution in [3.63, 3.8) is 0 Å². The molecule has 0 spiro atoms. The third kappa shape index (κ3) is 2.94. The van der Waals surface area contributed by atoms with E-state index in [1.54, 1.807) is 20.5 Å². The zero-order valence-electron chi connectivity index (χ0n) is 14.3. The molecule has 1 aliphatic heterocycles. The molecular weight excluding hydrogens is 396 g/mol. The third-order valence-corrected chi connectivity index (χ3v) is 4.84. The molecule has 1 aliphatic rings. The largest absolute Gasteiger partial charge is 0.493 e. The van der Waals surface area contributed by atoms with E-state index in [4.69, 9.17) is 9.47 Å². The van der Waals surface area contributed by atoms with Crippen molar-refractivity contribution in [2.24, 2.45) is 0 Å². The van der Waals surface area contributed by atoms with Crippen LogP contribution in [0.15, 0.2) is 59.3 Å². The summed E-state index contributed by atoms with van der Waals surface area (Å²) in [5.41, 5.74) is 3.09. The molecule has 0 radical (unpaired) electrons. The molecule has 2 aromatic carbocycles. The quantitative estimate of drug-likeness (QED) is 0.698. The first-order chi connectivity index (χ1) is 12.7. The Hall–Kier alpha value is -2.80. The van der Waals surface area contributed by atoms with E-state index in [0.717, 1.165) is 21.3 Å². The van der Waals surface area contributed by atoms with E-state index in [-0.39, 0.29) is 6.04 Å². The molecule has 1 unspecified atom stereocenters. The summed E-state index contributed by atoms with van der Waals surface area (Å²) < 4.78 is 13.7. The fourth-order valence-electron chi connectivity index (χ4n) is 3.01. The van der Waals surface area contributed by atoms with Crippen LogP contribution in [-0.2, 0) is 0 Å². The number of nitrogens with one attached hydrogen (secondary N) is 1. The molecule has 132 valence electrons. The maximum atomic E-state index is 5.45. The van der Waals surface area contributed by atoms with Crippen LogP contribution in [0.5, 0.6) is 11.5 Å². The molecule has 3 aromatic rings. The maximum absolute atomic E-state index is 5.45. The van der Waals surface area contributed by atoms with E-state index in [0.29, 0.717) is 17.4 Å². The lowest BCUT2D eigenvalue weighted by Crippen LogP contribution is -2.20. The average Bonchev–Trinajstić information content (AvgIpc) is 3.16. The summed E-state index contributed by atoms with van der Waals surface area (Å²) >= 11 is 3.47. The first-order valence-corrected chi connectivity index (χ1v) is 8.85. The standard InChI is InChI=1S/C19H17BrN4O2/c1-25-17-8-5-13(9-18(17)26-2)16-10-15(12-3-6-14(20)7-4-12)23-19-21-11-22-24(16)19/h3-11,16H,1-2H3,(H,21,22,23). The van der Waals surface area contributed by atoms with Crippen molar-refractivity contribution in [2.45, 2.75) is 6.04 Å². The zero-order valence-corrected chi connectivity index (χ0v) is 15.9. The second kappa shape index (κ2) is 6.84. The van der Waals surface area contributed by atoms with E-state index in [1.165, 1.54) is 0 Å². The number of aromatic nitrogens is 3. The minimum absolute atomic E-state index is 0.104. The lowest BCUT2D eigenvalue weighted by Gasteiger charge is -2.25. The Morgan fingerprint density at radius 1 is 1.04 bits per heavy atom. The van der Waals surface area contributed by atoms with Gasteiger partial charge in [-0.25, -0.2) is 4.68 Å². The SMILES string of the molecule is COc1ccc(C2C=C(c3ccc(Br)cc3)Nc3ncnn32)cc1OC. The molecular formula is C19H17BrN4O2. The van der Waals surface area contributed by atoms with E-state index in [9.17, 15) is 0 Å². The normalized spacial score (nSPS) is 15.7. The summed E-state index contributed by atoms with van der Waals surface area (Å²) in [6, 6.07) is 13.9. The number of rotatable bonds is 4. The van der Waals surface area contributed by atoms with Gasteiger partial charge in [-0.2, -0.15) is 10.1 Å². The van der Waals surface area contributed by atoms with Crippen molar-refractivity contribution in [3.8, 4) is 11.5 Å². The number of allylic oxidation sites excluding steroid dienone is 1. The van der Waals surface area contributed by atoms with Gasteiger partial charge in [-0.1, -0.05) is 34.1 Å². The maximum Gasteiger partial charge on any atom is 0.226 e. The number of benzene rings is 2. The number of anilines is 1. The van der Waals surface area contributed by atoms with Crippen LogP contribution in [0.2, 0.25) is 0 Å². The molecule has 26 heavy (non-hydrogen) atoms. The number of hydrogen-bond donors (Lipinski definition) is 1. The molecule has 1 N–H and O–H groups in total. The van der Waals surface area contributed by atoms with Crippen LogP contribution in [0.3, 0.4) is 0 Å². The zero-order chi connectivity index (χ0) is 18.1. The number of methoxy groups -OCH3 is 2. The van der Waals surface area contributed by atoms with Crippen molar-refractivity contribution in [1.82, 2.24) is 14.8 Å². The Morgan fingerprint density at radius 2 is 1.81 bits per heavy atom. The van der Waals surface area contributed by atoms with Crippen LogP contribution in [0.4, 0.5) is 5.95 Å². The van der Waals surface area contributed by atoms with Crippen molar-refractivity contribution in [1.29, 1.82) is 0 Å².